The van der Waals surface area contributed by atoms with Gasteiger partial charge in [-0.2, -0.15) is 5.06 Å². The van der Waals surface area contributed by atoms with Gasteiger partial charge < -0.3 is 0 Å². The summed E-state index contributed by atoms with van der Waals surface area (Å²) in [4.78, 5) is 5.99. The molecule has 0 radical (unpaired) electrons. The summed E-state index contributed by atoms with van der Waals surface area (Å²) in [5.74, 6) is 0. The number of hydrogen-bond acceptors (Lipinski definition) is 2. The van der Waals surface area contributed by atoms with E-state index in [9.17, 15) is 0 Å². The zero-order valence-electron chi connectivity index (χ0n) is 12.9. The van der Waals surface area contributed by atoms with E-state index in [2.05, 4.69) is 60.5 Å². The van der Waals surface area contributed by atoms with Gasteiger partial charge in [-0.1, -0.05) is 80.4 Å². The van der Waals surface area contributed by atoms with Gasteiger partial charge in [0.05, 0.1) is 6.61 Å². The summed E-state index contributed by atoms with van der Waals surface area (Å²) in [6, 6.07) is 21.0. The molecule has 0 bridgehead atoms. The van der Waals surface area contributed by atoms with Gasteiger partial charge in [0.1, 0.15) is 0 Å². The standard InChI is InChI=1S/C19H25NO/c1-2-3-10-15-21-20(16-18-11-6-4-7-12-18)17-19-13-8-5-9-14-19/h4-9,11-14H,2-3,10,15-17H2,1H3. The van der Waals surface area contributed by atoms with Gasteiger partial charge in [0.2, 0.25) is 0 Å². The van der Waals surface area contributed by atoms with Crippen LogP contribution in [0.2, 0.25) is 0 Å². The molecule has 0 aliphatic heterocycles. The number of hydrogen-bond donors (Lipinski definition) is 0. The molecule has 0 atom stereocenters. The number of rotatable bonds is 9. The largest absolute Gasteiger partial charge is 0.298 e. The van der Waals surface area contributed by atoms with E-state index in [-0.39, 0.29) is 0 Å². The minimum atomic E-state index is 0.799. The maximum atomic E-state index is 5.99. The van der Waals surface area contributed by atoms with Crippen LogP contribution in [0.3, 0.4) is 0 Å². The summed E-state index contributed by atoms with van der Waals surface area (Å²) in [6.45, 7) is 4.66. The van der Waals surface area contributed by atoms with Gasteiger partial charge in [0, 0.05) is 13.1 Å². The van der Waals surface area contributed by atoms with Crippen molar-refractivity contribution in [2.24, 2.45) is 0 Å². The van der Waals surface area contributed by atoms with Crippen molar-refractivity contribution in [2.45, 2.75) is 39.3 Å². The first-order valence-corrected chi connectivity index (χ1v) is 7.84. The van der Waals surface area contributed by atoms with Crippen LogP contribution in [0.4, 0.5) is 0 Å². The van der Waals surface area contributed by atoms with E-state index >= 15 is 0 Å². The van der Waals surface area contributed by atoms with E-state index < -0.39 is 0 Å². The third kappa shape index (κ3) is 6.11. The maximum absolute atomic E-state index is 5.99. The van der Waals surface area contributed by atoms with Crippen LogP contribution in [-0.4, -0.2) is 11.7 Å². The number of unbranched alkanes of at least 4 members (excludes halogenated alkanes) is 2. The Hall–Kier alpha value is -1.64. The molecular formula is C19H25NO. The minimum absolute atomic E-state index is 0.799. The molecule has 2 heteroatoms. The second-order valence-corrected chi connectivity index (χ2v) is 5.31. The highest BCUT2D eigenvalue weighted by molar-refractivity contribution is 5.16. The summed E-state index contributed by atoms with van der Waals surface area (Å²) < 4.78 is 0. The molecule has 2 aromatic carbocycles. The summed E-state index contributed by atoms with van der Waals surface area (Å²) in [7, 11) is 0. The van der Waals surface area contributed by atoms with Crippen LogP contribution in [-0.2, 0) is 17.9 Å². The van der Waals surface area contributed by atoms with E-state index in [1.165, 1.54) is 24.0 Å². The Balaban J connectivity index is 1.93. The second kappa shape index (κ2) is 9.32. The highest BCUT2D eigenvalue weighted by atomic mass is 16.7. The first-order chi connectivity index (χ1) is 10.4. The first kappa shape index (κ1) is 15.7. The lowest BCUT2D eigenvalue weighted by atomic mass is 10.2. The fraction of sp³-hybridized carbons (Fsp3) is 0.368. The van der Waals surface area contributed by atoms with Crippen molar-refractivity contribution < 1.29 is 4.84 Å². The van der Waals surface area contributed by atoms with Crippen LogP contribution in [0.1, 0.15) is 37.3 Å². The Bertz CT molecular complexity index is 442. The van der Waals surface area contributed by atoms with Crippen LogP contribution in [0.15, 0.2) is 60.7 Å². The Morgan fingerprint density at radius 1 is 0.762 bits per heavy atom. The van der Waals surface area contributed by atoms with Crippen LogP contribution in [0, 0.1) is 0 Å². The molecule has 0 spiro atoms. The highest BCUT2D eigenvalue weighted by Gasteiger charge is 2.07. The van der Waals surface area contributed by atoms with Crippen molar-refractivity contribution in [1.29, 1.82) is 0 Å². The van der Waals surface area contributed by atoms with Crippen LogP contribution < -0.4 is 0 Å². The van der Waals surface area contributed by atoms with Gasteiger partial charge in [0.15, 0.2) is 0 Å². The first-order valence-electron chi connectivity index (χ1n) is 7.84. The predicted molar refractivity (Wildman–Crippen MR) is 87.6 cm³/mol. The van der Waals surface area contributed by atoms with Gasteiger partial charge in [-0.05, 0) is 17.5 Å². The highest BCUT2D eigenvalue weighted by Crippen LogP contribution is 2.11. The Labute approximate surface area is 128 Å². The molecule has 0 N–H and O–H groups in total. The van der Waals surface area contributed by atoms with Gasteiger partial charge in [0.25, 0.3) is 0 Å². The van der Waals surface area contributed by atoms with Gasteiger partial charge >= 0.3 is 0 Å². The van der Waals surface area contributed by atoms with Crippen molar-refractivity contribution in [3.8, 4) is 0 Å². The van der Waals surface area contributed by atoms with E-state index in [0.717, 1.165) is 26.1 Å². The number of nitrogens with zero attached hydrogens (tertiary/aromatic N) is 1. The van der Waals surface area contributed by atoms with E-state index in [0.29, 0.717) is 0 Å². The van der Waals surface area contributed by atoms with Gasteiger partial charge in [-0.25, -0.2) is 0 Å². The van der Waals surface area contributed by atoms with E-state index in [1.807, 2.05) is 12.1 Å². The summed E-state index contributed by atoms with van der Waals surface area (Å²) >= 11 is 0. The molecule has 0 amide bonds. The SMILES string of the molecule is CCCCCON(Cc1ccccc1)Cc1ccccc1. The third-order valence-electron chi connectivity index (χ3n) is 3.43. The van der Waals surface area contributed by atoms with E-state index in [1.54, 1.807) is 0 Å². The third-order valence-corrected chi connectivity index (χ3v) is 3.43. The fourth-order valence-electron chi connectivity index (χ4n) is 2.27. The lowest BCUT2D eigenvalue weighted by Gasteiger charge is -2.22. The molecule has 2 nitrogen and oxygen atoms in total. The molecule has 21 heavy (non-hydrogen) atoms. The molecule has 2 rings (SSSR count). The van der Waals surface area contributed by atoms with Crippen molar-refractivity contribution in [3.05, 3.63) is 71.8 Å². The molecule has 0 heterocycles. The Kier molecular flexibility index (Phi) is 6.99. The normalized spacial score (nSPS) is 11.0. The predicted octanol–water partition coefficient (Wildman–Crippen LogP) is 4.81. The molecular weight excluding hydrogens is 258 g/mol. The molecule has 2 aromatic rings. The van der Waals surface area contributed by atoms with Crippen LogP contribution >= 0.6 is 0 Å². The van der Waals surface area contributed by atoms with Gasteiger partial charge in [-0.15, -0.1) is 0 Å². The Morgan fingerprint density at radius 2 is 1.29 bits per heavy atom. The fourth-order valence-corrected chi connectivity index (χ4v) is 2.27. The van der Waals surface area contributed by atoms with Crippen molar-refractivity contribution in [1.82, 2.24) is 5.06 Å². The summed E-state index contributed by atoms with van der Waals surface area (Å²) in [5.41, 5.74) is 2.56. The zero-order chi connectivity index (χ0) is 14.8. The van der Waals surface area contributed by atoms with E-state index in [4.69, 9.17) is 4.84 Å². The van der Waals surface area contributed by atoms with Crippen LogP contribution in [0.25, 0.3) is 0 Å². The van der Waals surface area contributed by atoms with Crippen molar-refractivity contribution in [2.75, 3.05) is 6.61 Å². The van der Waals surface area contributed by atoms with Gasteiger partial charge in [-0.3, -0.25) is 4.84 Å². The molecule has 0 saturated heterocycles. The molecule has 0 aliphatic rings. The average Bonchev–Trinajstić information content (AvgIpc) is 2.53. The molecule has 112 valence electrons. The Morgan fingerprint density at radius 3 is 1.76 bits per heavy atom. The van der Waals surface area contributed by atoms with Crippen molar-refractivity contribution in [3.63, 3.8) is 0 Å². The lowest BCUT2D eigenvalue weighted by molar-refractivity contribution is -0.174. The van der Waals surface area contributed by atoms with Crippen LogP contribution in [0.5, 0.6) is 0 Å². The number of hydroxylamine groups is 2. The maximum Gasteiger partial charge on any atom is 0.0685 e. The van der Waals surface area contributed by atoms with Crippen molar-refractivity contribution >= 4 is 0 Å². The molecule has 0 fully saturated rings. The monoisotopic (exact) mass is 283 g/mol. The molecule has 0 aliphatic carbocycles. The molecule has 0 aromatic heterocycles. The average molecular weight is 283 g/mol. The zero-order valence-corrected chi connectivity index (χ0v) is 12.9. The summed E-state index contributed by atoms with van der Waals surface area (Å²) in [6.07, 6.45) is 3.57. The lowest BCUT2D eigenvalue weighted by Crippen LogP contribution is -2.23. The number of benzene rings is 2. The smallest absolute Gasteiger partial charge is 0.0685 e. The minimum Gasteiger partial charge on any atom is -0.298 e. The molecule has 0 unspecified atom stereocenters. The second-order valence-electron chi connectivity index (χ2n) is 5.31. The quantitative estimate of drug-likeness (QED) is 0.483. The molecule has 0 saturated carbocycles. The topological polar surface area (TPSA) is 12.5 Å². The summed E-state index contributed by atoms with van der Waals surface area (Å²) in [5, 5.41) is 2.07.